The standard InChI is InChI=1S/C18H14FN3OS/c1-24-10-12-8-11(6-7-14(12)19)17(23)13(9-20)18-21-15-4-2-3-5-16(15)22-18/h2-8,13H,10H2,1H3,(H,21,22)/t13-/m0/s1. The lowest BCUT2D eigenvalue weighted by Crippen LogP contribution is -2.13. The van der Waals surface area contributed by atoms with E-state index in [1.807, 2.05) is 36.6 Å². The van der Waals surface area contributed by atoms with E-state index in [0.717, 1.165) is 5.52 Å². The Balaban J connectivity index is 1.97. The van der Waals surface area contributed by atoms with E-state index in [2.05, 4.69) is 9.97 Å². The van der Waals surface area contributed by atoms with Crippen LogP contribution < -0.4 is 0 Å². The number of nitriles is 1. The number of carbonyl (C=O) groups is 1. The van der Waals surface area contributed by atoms with Gasteiger partial charge in [0.2, 0.25) is 0 Å². The fourth-order valence-electron chi connectivity index (χ4n) is 2.51. The molecule has 0 spiro atoms. The minimum atomic E-state index is -1.05. The van der Waals surface area contributed by atoms with Crippen LogP contribution in [-0.4, -0.2) is 22.0 Å². The number of nitrogens with zero attached hydrogens (tertiary/aromatic N) is 2. The fourth-order valence-corrected chi connectivity index (χ4v) is 3.05. The number of imidazole rings is 1. The molecule has 1 heterocycles. The first-order chi connectivity index (χ1) is 11.6. The summed E-state index contributed by atoms with van der Waals surface area (Å²) in [6.45, 7) is 0. The molecule has 0 unspecified atom stereocenters. The van der Waals surface area contributed by atoms with E-state index in [-0.39, 0.29) is 11.6 Å². The number of hydrogen-bond acceptors (Lipinski definition) is 4. The Morgan fingerprint density at radius 2 is 2.17 bits per heavy atom. The molecule has 0 amide bonds. The van der Waals surface area contributed by atoms with Gasteiger partial charge in [0.1, 0.15) is 11.6 Å². The quantitative estimate of drug-likeness (QED) is 0.712. The van der Waals surface area contributed by atoms with Crippen LogP contribution in [0.25, 0.3) is 11.0 Å². The van der Waals surface area contributed by atoms with Gasteiger partial charge in [-0.3, -0.25) is 4.79 Å². The number of aromatic amines is 1. The Morgan fingerprint density at radius 3 is 2.88 bits per heavy atom. The molecule has 0 saturated carbocycles. The van der Waals surface area contributed by atoms with Crippen molar-refractivity contribution in [3.05, 3.63) is 65.2 Å². The van der Waals surface area contributed by atoms with Gasteiger partial charge in [-0.15, -0.1) is 0 Å². The molecule has 3 aromatic rings. The summed E-state index contributed by atoms with van der Waals surface area (Å²) < 4.78 is 13.8. The van der Waals surface area contributed by atoms with Gasteiger partial charge in [0.15, 0.2) is 11.7 Å². The lowest BCUT2D eigenvalue weighted by Gasteiger charge is -2.08. The van der Waals surface area contributed by atoms with Crippen LogP contribution in [0.5, 0.6) is 0 Å². The molecule has 24 heavy (non-hydrogen) atoms. The smallest absolute Gasteiger partial charge is 0.187 e. The first-order valence-electron chi connectivity index (χ1n) is 7.30. The van der Waals surface area contributed by atoms with Crippen LogP contribution >= 0.6 is 11.8 Å². The highest BCUT2D eigenvalue weighted by atomic mass is 32.2. The summed E-state index contributed by atoms with van der Waals surface area (Å²) in [5, 5.41) is 9.45. The third-order valence-corrected chi connectivity index (χ3v) is 4.30. The van der Waals surface area contributed by atoms with Crippen LogP contribution in [0.2, 0.25) is 0 Å². The molecule has 2 aromatic carbocycles. The monoisotopic (exact) mass is 339 g/mol. The number of halogens is 1. The zero-order chi connectivity index (χ0) is 17.1. The topological polar surface area (TPSA) is 69.5 Å². The number of benzene rings is 2. The zero-order valence-electron chi connectivity index (χ0n) is 12.9. The van der Waals surface area contributed by atoms with Gasteiger partial charge in [-0.2, -0.15) is 17.0 Å². The highest BCUT2D eigenvalue weighted by Crippen LogP contribution is 2.23. The van der Waals surface area contributed by atoms with Gasteiger partial charge in [0.25, 0.3) is 0 Å². The molecule has 0 bridgehead atoms. The van der Waals surface area contributed by atoms with Crippen LogP contribution in [0.4, 0.5) is 4.39 Å². The first-order valence-corrected chi connectivity index (χ1v) is 8.69. The van der Waals surface area contributed by atoms with Crippen molar-refractivity contribution in [2.24, 2.45) is 0 Å². The highest BCUT2D eigenvalue weighted by Gasteiger charge is 2.25. The number of nitrogens with one attached hydrogen (secondary N) is 1. The lowest BCUT2D eigenvalue weighted by atomic mass is 9.97. The minimum Gasteiger partial charge on any atom is -0.340 e. The Bertz CT molecular complexity index is 912. The normalized spacial score (nSPS) is 12.0. The second kappa shape index (κ2) is 6.85. The third kappa shape index (κ3) is 3.03. The molecule has 0 fully saturated rings. The van der Waals surface area contributed by atoms with Gasteiger partial charge < -0.3 is 4.98 Å². The van der Waals surface area contributed by atoms with Crippen molar-refractivity contribution in [3.63, 3.8) is 0 Å². The number of rotatable bonds is 5. The van der Waals surface area contributed by atoms with E-state index in [1.54, 1.807) is 0 Å². The predicted molar refractivity (Wildman–Crippen MR) is 92.4 cm³/mol. The fraction of sp³-hybridized carbons (Fsp3) is 0.167. The number of thioether (sulfide) groups is 1. The number of carbonyl (C=O) groups excluding carboxylic acids is 1. The van der Waals surface area contributed by atoms with Crippen LogP contribution in [0.3, 0.4) is 0 Å². The molecule has 1 atom stereocenters. The predicted octanol–water partition coefficient (Wildman–Crippen LogP) is 4.06. The molecule has 3 rings (SSSR count). The molecule has 0 saturated heterocycles. The maximum atomic E-state index is 13.8. The second-order valence-electron chi connectivity index (χ2n) is 5.30. The summed E-state index contributed by atoms with van der Waals surface area (Å²) in [6, 6.07) is 13.5. The summed E-state index contributed by atoms with van der Waals surface area (Å²) in [5.41, 5.74) is 2.23. The number of aromatic nitrogens is 2. The van der Waals surface area contributed by atoms with Gasteiger partial charge in [-0.1, -0.05) is 12.1 Å². The van der Waals surface area contributed by atoms with Crippen molar-refractivity contribution in [1.29, 1.82) is 5.26 Å². The number of H-pyrrole nitrogens is 1. The summed E-state index contributed by atoms with van der Waals surface area (Å²) in [4.78, 5) is 20.1. The molecular weight excluding hydrogens is 325 g/mol. The van der Waals surface area contributed by atoms with E-state index >= 15 is 0 Å². The largest absolute Gasteiger partial charge is 0.340 e. The third-order valence-electron chi connectivity index (χ3n) is 3.70. The molecule has 4 nitrogen and oxygen atoms in total. The first kappa shape index (κ1) is 16.2. The second-order valence-corrected chi connectivity index (χ2v) is 6.17. The molecule has 0 aliphatic heterocycles. The van der Waals surface area contributed by atoms with Gasteiger partial charge in [-0.25, -0.2) is 9.37 Å². The molecule has 1 aromatic heterocycles. The van der Waals surface area contributed by atoms with Crippen LogP contribution in [-0.2, 0) is 5.75 Å². The number of fused-ring (bicyclic) bond motifs is 1. The molecule has 0 radical (unpaired) electrons. The summed E-state index contributed by atoms with van der Waals surface area (Å²) in [6.07, 6.45) is 1.86. The van der Waals surface area contributed by atoms with Gasteiger partial charge in [0, 0.05) is 11.3 Å². The van der Waals surface area contributed by atoms with Crippen LogP contribution in [0.1, 0.15) is 27.7 Å². The van der Waals surface area contributed by atoms with E-state index < -0.39 is 5.92 Å². The zero-order valence-corrected chi connectivity index (χ0v) is 13.7. The van der Waals surface area contributed by atoms with Crippen molar-refractivity contribution in [2.75, 3.05) is 6.26 Å². The van der Waals surface area contributed by atoms with E-state index in [1.165, 1.54) is 30.0 Å². The number of Topliss-reactive ketones (excluding diaryl/α,β-unsaturated/α-hetero) is 1. The van der Waals surface area contributed by atoms with Crippen molar-refractivity contribution in [2.45, 2.75) is 11.7 Å². The number of hydrogen-bond donors (Lipinski definition) is 1. The maximum Gasteiger partial charge on any atom is 0.187 e. The van der Waals surface area contributed by atoms with Gasteiger partial charge in [-0.05, 0) is 42.2 Å². The average Bonchev–Trinajstić information content (AvgIpc) is 3.01. The van der Waals surface area contributed by atoms with Crippen LogP contribution in [0.15, 0.2) is 42.5 Å². The van der Waals surface area contributed by atoms with Crippen molar-refractivity contribution >= 4 is 28.6 Å². The Kier molecular flexibility index (Phi) is 4.63. The number of para-hydroxylation sites is 2. The summed E-state index contributed by atoms with van der Waals surface area (Å²) >= 11 is 1.47. The SMILES string of the molecule is CSCc1cc(C(=O)[C@H](C#N)c2nc3ccccc3[nH]2)ccc1F. The highest BCUT2D eigenvalue weighted by molar-refractivity contribution is 7.97. The average molecular weight is 339 g/mol. The lowest BCUT2D eigenvalue weighted by molar-refractivity contribution is 0.0976. The van der Waals surface area contributed by atoms with Gasteiger partial charge in [0.05, 0.1) is 17.1 Å². The van der Waals surface area contributed by atoms with Crippen LogP contribution in [0, 0.1) is 17.1 Å². The summed E-state index contributed by atoms with van der Waals surface area (Å²) in [7, 11) is 0. The van der Waals surface area contributed by atoms with Crippen molar-refractivity contribution < 1.29 is 9.18 Å². The Labute approximate surface area is 142 Å². The molecule has 0 aliphatic carbocycles. The molecule has 6 heteroatoms. The van der Waals surface area contributed by atoms with Crippen molar-refractivity contribution in [3.8, 4) is 6.07 Å². The number of ketones is 1. The van der Waals surface area contributed by atoms with E-state index in [9.17, 15) is 14.4 Å². The Hall–Kier alpha value is -2.65. The molecule has 120 valence electrons. The Morgan fingerprint density at radius 1 is 1.38 bits per heavy atom. The molecule has 1 N–H and O–H groups in total. The van der Waals surface area contributed by atoms with E-state index in [4.69, 9.17) is 0 Å². The minimum absolute atomic E-state index is 0.305. The van der Waals surface area contributed by atoms with E-state index in [0.29, 0.717) is 28.2 Å². The van der Waals surface area contributed by atoms with Gasteiger partial charge >= 0.3 is 0 Å². The van der Waals surface area contributed by atoms with Crippen molar-refractivity contribution in [1.82, 2.24) is 9.97 Å². The maximum absolute atomic E-state index is 13.8. The molecular formula is C18H14FN3OS. The molecule has 0 aliphatic rings. The summed E-state index contributed by atoms with van der Waals surface area (Å²) in [5.74, 6) is -1.02.